The molecule has 1 unspecified atom stereocenters. The number of ether oxygens (including phenoxy) is 2. The highest BCUT2D eigenvalue weighted by Crippen LogP contribution is 2.21. The normalized spacial score (nSPS) is 18.7. The molecule has 0 spiro atoms. The molecule has 116 valence electrons. The molecule has 21 heavy (non-hydrogen) atoms. The van der Waals surface area contributed by atoms with Gasteiger partial charge in [-0.15, -0.1) is 0 Å². The van der Waals surface area contributed by atoms with E-state index in [-0.39, 0.29) is 11.4 Å². The Labute approximate surface area is 123 Å². The SMILES string of the molecule is COc1ccc(S(=O)(=O)NCC2CN(C)C(=O)O2)c(C)c1. The fourth-order valence-electron chi connectivity index (χ4n) is 2.09. The number of benzene rings is 1. The molecule has 1 amide bonds. The third kappa shape index (κ3) is 3.45. The maximum Gasteiger partial charge on any atom is 0.410 e. The van der Waals surface area contributed by atoms with Gasteiger partial charge in [-0.05, 0) is 30.7 Å². The average Bonchev–Trinajstić information content (AvgIpc) is 2.75. The van der Waals surface area contributed by atoms with Crippen LogP contribution in [-0.2, 0) is 14.8 Å². The number of sulfonamides is 1. The Kier molecular flexibility index (Phi) is 4.38. The number of amides is 1. The molecule has 8 heteroatoms. The quantitative estimate of drug-likeness (QED) is 0.866. The summed E-state index contributed by atoms with van der Waals surface area (Å²) >= 11 is 0. The van der Waals surface area contributed by atoms with Crippen LogP contribution in [0.4, 0.5) is 4.79 Å². The summed E-state index contributed by atoms with van der Waals surface area (Å²) in [5, 5.41) is 0. The van der Waals surface area contributed by atoms with Crippen molar-refractivity contribution in [1.82, 2.24) is 9.62 Å². The lowest BCUT2D eigenvalue weighted by molar-refractivity contribution is 0.135. The van der Waals surface area contributed by atoms with Gasteiger partial charge in [-0.25, -0.2) is 17.9 Å². The Bertz CT molecular complexity index is 644. The molecule has 1 saturated heterocycles. The van der Waals surface area contributed by atoms with Gasteiger partial charge >= 0.3 is 6.09 Å². The standard InChI is InChI=1S/C13H18N2O5S/c1-9-6-10(19-3)4-5-12(9)21(17,18)14-7-11-8-15(2)13(16)20-11/h4-6,11,14H,7-8H2,1-3H3. The summed E-state index contributed by atoms with van der Waals surface area (Å²) in [6.45, 7) is 2.10. The monoisotopic (exact) mass is 314 g/mol. The highest BCUT2D eigenvalue weighted by atomic mass is 32.2. The molecule has 0 aliphatic carbocycles. The zero-order valence-electron chi connectivity index (χ0n) is 12.1. The van der Waals surface area contributed by atoms with Crippen LogP contribution in [0.3, 0.4) is 0 Å². The van der Waals surface area contributed by atoms with E-state index >= 15 is 0 Å². The van der Waals surface area contributed by atoms with Crippen LogP contribution in [0.5, 0.6) is 5.75 Å². The van der Waals surface area contributed by atoms with Crippen LogP contribution in [0.2, 0.25) is 0 Å². The number of rotatable bonds is 5. The van der Waals surface area contributed by atoms with Crippen molar-refractivity contribution in [1.29, 1.82) is 0 Å². The van der Waals surface area contributed by atoms with Gasteiger partial charge in [0.25, 0.3) is 0 Å². The minimum atomic E-state index is -3.65. The molecule has 0 bridgehead atoms. The number of nitrogens with zero attached hydrogens (tertiary/aromatic N) is 1. The summed E-state index contributed by atoms with van der Waals surface area (Å²) in [6, 6.07) is 4.73. The van der Waals surface area contributed by atoms with Gasteiger partial charge in [0, 0.05) is 13.6 Å². The third-order valence-electron chi connectivity index (χ3n) is 3.23. The van der Waals surface area contributed by atoms with Gasteiger partial charge in [0.15, 0.2) is 0 Å². The topological polar surface area (TPSA) is 84.9 Å². The molecule has 0 radical (unpaired) electrons. The molecule has 1 aromatic rings. The first-order valence-electron chi connectivity index (χ1n) is 6.39. The number of carbonyl (C=O) groups is 1. The largest absolute Gasteiger partial charge is 0.497 e. The Morgan fingerprint density at radius 3 is 2.71 bits per heavy atom. The van der Waals surface area contributed by atoms with Crippen molar-refractivity contribution in [3.8, 4) is 5.75 Å². The van der Waals surface area contributed by atoms with E-state index in [1.807, 2.05) is 0 Å². The zero-order valence-corrected chi connectivity index (χ0v) is 12.9. The second kappa shape index (κ2) is 5.90. The molecule has 7 nitrogen and oxygen atoms in total. The van der Waals surface area contributed by atoms with Gasteiger partial charge in [-0.3, -0.25) is 0 Å². The van der Waals surface area contributed by atoms with Crippen LogP contribution in [0.1, 0.15) is 5.56 Å². The van der Waals surface area contributed by atoms with Gasteiger partial charge in [0.2, 0.25) is 10.0 Å². The van der Waals surface area contributed by atoms with E-state index in [0.29, 0.717) is 17.9 Å². The van der Waals surface area contributed by atoms with Crippen LogP contribution < -0.4 is 9.46 Å². The predicted molar refractivity (Wildman–Crippen MR) is 75.8 cm³/mol. The summed E-state index contributed by atoms with van der Waals surface area (Å²) in [5.41, 5.74) is 0.586. The third-order valence-corrected chi connectivity index (χ3v) is 4.81. The number of cyclic esters (lactones) is 1. The van der Waals surface area contributed by atoms with Crippen molar-refractivity contribution in [2.24, 2.45) is 0 Å². The first-order chi connectivity index (χ1) is 9.83. The van der Waals surface area contributed by atoms with Crippen molar-refractivity contribution in [2.75, 3.05) is 27.2 Å². The summed E-state index contributed by atoms with van der Waals surface area (Å²) in [6.07, 6.45) is -0.921. The lowest BCUT2D eigenvalue weighted by Crippen LogP contribution is -2.34. The molecule has 2 rings (SSSR count). The molecule has 1 aliphatic rings. The number of likely N-dealkylation sites (N-methyl/N-ethyl adjacent to an activating group) is 1. The Hall–Kier alpha value is -1.80. The number of carbonyl (C=O) groups excluding carboxylic acids is 1. The van der Waals surface area contributed by atoms with E-state index < -0.39 is 22.2 Å². The molecular weight excluding hydrogens is 296 g/mol. The van der Waals surface area contributed by atoms with Crippen LogP contribution >= 0.6 is 0 Å². The van der Waals surface area contributed by atoms with Crippen molar-refractivity contribution in [3.63, 3.8) is 0 Å². The van der Waals surface area contributed by atoms with E-state index in [1.54, 1.807) is 26.1 Å². The van der Waals surface area contributed by atoms with Crippen LogP contribution in [0.15, 0.2) is 23.1 Å². The maximum atomic E-state index is 12.3. The number of methoxy groups -OCH3 is 1. The van der Waals surface area contributed by atoms with Gasteiger partial charge in [-0.1, -0.05) is 0 Å². The number of aryl methyl sites for hydroxylation is 1. The first kappa shape index (κ1) is 15.6. The second-order valence-electron chi connectivity index (χ2n) is 4.87. The summed E-state index contributed by atoms with van der Waals surface area (Å²) in [7, 11) is -0.532. The lowest BCUT2D eigenvalue weighted by Gasteiger charge is -2.12. The molecule has 1 N–H and O–H groups in total. The van der Waals surface area contributed by atoms with Gasteiger partial charge in [0.1, 0.15) is 11.9 Å². The predicted octanol–water partition coefficient (Wildman–Crippen LogP) is 0.733. The van der Waals surface area contributed by atoms with Crippen molar-refractivity contribution in [2.45, 2.75) is 17.9 Å². The Balaban J connectivity index is 2.07. The van der Waals surface area contributed by atoms with E-state index in [4.69, 9.17) is 9.47 Å². The van der Waals surface area contributed by atoms with Crippen molar-refractivity contribution < 1.29 is 22.7 Å². The molecule has 1 aromatic carbocycles. The number of hydrogen-bond donors (Lipinski definition) is 1. The molecule has 1 aliphatic heterocycles. The first-order valence-corrected chi connectivity index (χ1v) is 7.88. The number of nitrogens with one attached hydrogen (secondary N) is 1. The second-order valence-corrected chi connectivity index (χ2v) is 6.60. The molecule has 1 heterocycles. The van der Waals surface area contributed by atoms with Gasteiger partial charge in [0.05, 0.1) is 18.6 Å². The molecular formula is C13H18N2O5S. The summed E-state index contributed by atoms with van der Waals surface area (Å²) in [5.74, 6) is 0.595. The van der Waals surface area contributed by atoms with E-state index in [1.165, 1.54) is 18.1 Å². The summed E-state index contributed by atoms with van der Waals surface area (Å²) in [4.78, 5) is 12.8. The van der Waals surface area contributed by atoms with Crippen LogP contribution in [-0.4, -0.2) is 52.8 Å². The number of hydrogen-bond acceptors (Lipinski definition) is 5. The van der Waals surface area contributed by atoms with Crippen LogP contribution in [0, 0.1) is 6.92 Å². The zero-order chi connectivity index (χ0) is 15.6. The highest BCUT2D eigenvalue weighted by molar-refractivity contribution is 7.89. The van der Waals surface area contributed by atoms with Crippen molar-refractivity contribution >= 4 is 16.1 Å². The summed E-state index contributed by atoms with van der Waals surface area (Å²) < 4.78 is 37.1. The minimum absolute atomic E-state index is 0.0455. The van der Waals surface area contributed by atoms with Crippen LogP contribution in [0.25, 0.3) is 0 Å². The smallest absolute Gasteiger partial charge is 0.410 e. The Morgan fingerprint density at radius 1 is 1.48 bits per heavy atom. The lowest BCUT2D eigenvalue weighted by atomic mass is 10.2. The Morgan fingerprint density at radius 2 is 2.19 bits per heavy atom. The van der Waals surface area contributed by atoms with E-state index in [2.05, 4.69) is 4.72 Å². The highest BCUT2D eigenvalue weighted by Gasteiger charge is 2.29. The molecule has 1 atom stereocenters. The van der Waals surface area contributed by atoms with Gasteiger partial charge in [-0.2, -0.15) is 0 Å². The van der Waals surface area contributed by atoms with E-state index in [9.17, 15) is 13.2 Å². The molecule has 0 aromatic heterocycles. The van der Waals surface area contributed by atoms with Crippen molar-refractivity contribution in [3.05, 3.63) is 23.8 Å². The fraction of sp³-hybridized carbons (Fsp3) is 0.462. The minimum Gasteiger partial charge on any atom is -0.497 e. The average molecular weight is 314 g/mol. The van der Waals surface area contributed by atoms with E-state index in [0.717, 1.165) is 0 Å². The molecule has 1 fully saturated rings. The maximum absolute atomic E-state index is 12.3. The molecule has 0 saturated carbocycles. The fourth-order valence-corrected chi connectivity index (χ4v) is 3.38. The van der Waals surface area contributed by atoms with Gasteiger partial charge < -0.3 is 14.4 Å².